The van der Waals surface area contributed by atoms with Gasteiger partial charge in [0, 0.05) is 0 Å². The summed E-state index contributed by atoms with van der Waals surface area (Å²) in [5.41, 5.74) is 4.80. The van der Waals surface area contributed by atoms with Crippen molar-refractivity contribution < 1.29 is 9.90 Å². The van der Waals surface area contributed by atoms with Crippen LogP contribution in [0.25, 0.3) is 0 Å². The summed E-state index contributed by atoms with van der Waals surface area (Å²) < 4.78 is 0. The zero-order chi connectivity index (χ0) is 10.3. The Kier molecular flexibility index (Phi) is 9.88. The lowest BCUT2D eigenvalue weighted by molar-refractivity contribution is -0.143. The Morgan fingerprint density at radius 1 is 1.50 bits per heavy atom. The quantitative estimate of drug-likeness (QED) is 0.717. The summed E-state index contributed by atoms with van der Waals surface area (Å²) in [4.78, 5) is 10.9. The van der Waals surface area contributed by atoms with Crippen LogP contribution in [0.5, 0.6) is 0 Å². The minimum atomic E-state index is -1.00. The Hall–Kier alpha value is 0.0700. The lowest BCUT2D eigenvalue weighted by Gasteiger charge is -2.23. The smallest absolute Gasteiger partial charge is 0.323 e. The van der Waals surface area contributed by atoms with Gasteiger partial charge >= 0.3 is 5.97 Å². The number of aliphatic carboxylic acids is 1. The number of hydrogen-bond donors (Lipinski definition) is 2. The molecular formula is C9H20ClNO2S. The summed E-state index contributed by atoms with van der Waals surface area (Å²) in [5.74, 6) is -0.0537. The third-order valence-electron chi connectivity index (χ3n) is 2.15. The van der Waals surface area contributed by atoms with Crippen LogP contribution in [0.1, 0.15) is 32.6 Å². The van der Waals surface area contributed by atoms with Crippen LogP contribution in [0.15, 0.2) is 0 Å². The largest absolute Gasteiger partial charge is 0.480 e. The van der Waals surface area contributed by atoms with Gasteiger partial charge in [-0.2, -0.15) is 11.8 Å². The molecule has 0 aromatic rings. The van der Waals surface area contributed by atoms with Crippen molar-refractivity contribution in [3.63, 3.8) is 0 Å². The third kappa shape index (κ3) is 5.73. The SMILES string of the molecule is CCCCC(N)(CCSC)C(=O)O.Cl. The molecule has 0 aromatic carbocycles. The van der Waals surface area contributed by atoms with Gasteiger partial charge in [-0.25, -0.2) is 0 Å². The second-order valence-corrected chi connectivity index (χ2v) is 4.29. The topological polar surface area (TPSA) is 63.3 Å². The summed E-state index contributed by atoms with van der Waals surface area (Å²) in [6.45, 7) is 2.04. The maximum atomic E-state index is 10.9. The van der Waals surface area contributed by atoms with E-state index in [1.807, 2.05) is 13.2 Å². The van der Waals surface area contributed by atoms with Crippen LogP contribution in [-0.4, -0.2) is 28.6 Å². The van der Waals surface area contributed by atoms with E-state index in [0.717, 1.165) is 18.6 Å². The van der Waals surface area contributed by atoms with Gasteiger partial charge in [-0.05, 0) is 24.9 Å². The fourth-order valence-electron chi connectivity index (χ4n) is 1.12. The molecule has 0 rings (SSSR count). The third-order valence-corrected chi connectivity index (χ3v) is 2.77. The van der Waals surface area contributed by atoms with Gasteiger partial charge in [0.05, 0.1) is 0 Å². The number of nitrogens with two attached hydrogens (primary N) is 1. The number of halogens is 1. The van der Waals surface area contributed by atoms with E-state index in [2.05, 4.69) is 0 Å². The molecule has 0 amide bonds. The highest BCUT2D eigenvalue weighted by Crippen LogP contribution is 2.18. The van der Waals surface area contributed by atoms with E-state index in [4.69, 9.17) is 10.8 Å². The van der Waals surface area contributed by atoms with Crippen molar-refractivity contribution >= 4 is 30.1 Å². The van der Waals surface area contributed by atoms with Gasteiger partial charge < -0.3 is 10.8 Å². The van der Waals surface area contributed by atoms with E-state index < -0.39 is 11.5 Å². The molecule has 0 spiro atoms. The normalized spacial score (nSPS) is 14.2. The van der Waals surface area contributed by atoms with Crippen molar-refractivity contribution in [3.8, 4) is 0 Å². The van der Waals surface area contributed by atoms with E-state index in [-0.39, 0.29) is 12.4 Å². The second kappa shape index (κ2) is 8.38. The molecule has 0 aliphatic carbocycles. The number of rotatable bonds is 7. The van der Waals surface area contributed by atoms with Crippen LogP contribution in [0, 0.1) is 0 Å². The second-order valence-electron chi connectivity index (χ2n) is 3.31. The van der Waals surface area contributed by atoms with Gasteiger partial charge in [-0.3, -0.25) is 4.79 Å². The first-order valence-corrected chi connectivity index (χ1v) is 5.97. The van der Waals surface area contributed by atoms with Gasteiger partial charge in [0.2, 0.25) is 0 Å². The molecule has 0 radical (unpaired) electrons. The molecule has 0 aromatic heterocycles. The molecule has 0 aliphatic rings. The minimum absolute atomic E-state index is 0. The summed E-state index contributed by atoms with van der Waals surface area (Å²) in [7, 11) is 0. The zero-order valence-corrected chi connectivity index (χ0v) is 10.4. The number of carboxylic acids is 1. The van der Waals surface area contributed by atoms with Crippen LogP contribution < -0.4 is 5.73 Å². The highest BCUT2D eigenvalue weighted by molar-refractivity contribution is 7.98. The molecule has 0 saturated carbocycles. The fourth-order valence-corrected chi connectivity index (χ4v) is 1.68. The highest BCUT2D eigenvalue weighted by atomic mass is 35.5. The molecule has 0 fully saturated rings. The van der Waals surface area contributed by atoms with Crippen LogP contribution in [-0.2, 0) is 4.79 Å². The minimum Gasteiger partial charge on any atom is -0.480 e. The molecule has 0 bridgehead atoms. The van der Waals surface area contributed by atoms with E-state index in [1.54, 1.807) is 11.8 Å². The van der Waals surface area contributed by atoms with Crippen molar-refractivity contribution in [2.24, 2.45) is 5.73 Å². The number of thioether (sulfide) groups is 1. The first kappa shape index (κ1) is 16.5. The maximum Gasteiger partial charge on any atom is 0.323 e. The lowest BCUT2D eigenvalue weighted by Crippen LogP contribution is -2.48. The Bertz CT molecular complexity index is 159. The van der Waals surface area contributed by atoms with Crippen molar-refractivity contribution in [3.05, 3.63) is 0 Å². The fraction of sp³-hybridized carbons (Fsp3) is 0.889. The van der Waals surface area contributed by atoms with Crippen molar-refractivity contribution in [1.82, 2.24) is 0 Å². The molecule has 0 saturated heterocycles. The predicted octanol–water partition coefficient (Wildman–Crippen LogP) is 2.13. The standard InChI is InChI=1S/C9H19NO2S.ClH/c1-3-4-5-9(10,8(11)12)6-7-13-2;/h3-7,10H2,1-2H3,(H,11,12);1H. The van der Waals surface area contributed by atoms with Crippen LogP contribution in [0.3, 0.4) is 0 Å². The Morgan fingerprint density at radius 2 is 2.07 bits per heavy atom. The first-order chi connectivity index (χ1) is 6.06. The van der Waals surface area contributed by atoms with Crippen LogP contribution in [0.2, 0.25) is 0 Å². The Labute approximate surface area is 96.2 Å². The molecule has 3 nitrogen and oxygen atoms in total. The molecule has 1 unspecified atom stereocenters. The van der Waals surface area contributed by atoms with E-state index >= 15 is 0 Å². The van der Waals surface area contributed by atoms with E-state index in [1.165, 1.54) is 0 Å². The predicted molar refractivity (Wildman–Crippen MR) is 64.3 cm³/mol. The van der Waals surface area contributed by atoms with Crippen molar-refractivity contribution in [2.75, 3.05) is 12.0 Å². The van der Waals surface area contributed by atoms with Gasteiger partial charge in [-0.1, -0.05) is 19.8 Å². The Morgan fingerprint density at radius 3 is 2.43 bits per heavy atom. The summed E-state index contributed by atoms with van der Waals surface area (Å²) in [6, 6.07) is 0. The molecule has 0 aliphatic heterocycles. The van der Waals surface area contributed by atoms with Crippen LogP contribution in [0.4, 0.5) is 0 Å². The van der Waals surface area contributed by atoms with Crippen LogP contribution >= 0.6 is 24.2 Å². The highest BCUT2D eigenvalue weighted by Gasteiger charge is 2.32. The maximum absolute atomic E-state index is 10.9. The molecule has 0 heterocycles. The van der Waals surface area contributed by atoms with E-state index in [0.29, 0.717) is 12.8 Å². The molecule has 1 atom stereocenters. The number of hydrogen-bond acceptors (Lipinski definition) is 3. The van der Waals surface area contributed by atoms with E-state index in [9.17, 15) is 4.79 Å². The molecule has 14 heavy (non-hydrogen) atoms. The molecular weight excluding hydrogens is 222 g/mol. The first-order valence-electron chi connectivity index (χ1n) is 4.58. The average Bonchev–Trinajstić information content (AvgIpc) is 2.11. The number of unbranched alkanes of at least 4 members (excludes halogenated alkanes) is 1. The van der Waals surface area contributed by atoms with Gasteiger partial charge in [0.25, 0.3) is 0 Å². The molecule has 86 valence electrons. The van der Waals surface area contributed by atoms with Crippen molar-refractivity contribution in [1.29, 1.82) is 0 Å². The average molecular weight is 242 g/mol. The molecule has 3 N–H and O–H groups in total. The summed E-state index contributed by atoms with van der Waals surface area (Å²) in [5, 5.41) is 8.95. The monoisotopic (exact) mass is 241 g/mol. The van der Waals surface area contributed by atoms with Crippen molar-refractivity contribution in [2.45, 2.75) is 38.1 Å². The summed E-state index contributed by atoms with van der Waals surface area (Å²) >= 11 is 1.64. The number of carboxylic acid groups (broad SMARTS) is 1. The van der Waals surface area contributed by atoms with Gasteiger partial charge in [0.1, 0.15) is 5.54 Å². The Balaban J connectivity index is 0. The molecule has 5 heteroatoms. The van der Waals surface area contributed by atoms with Gasteiger partial charge in [-0.15, -0.1) is 12.4 Å². The van der Waals surface area contributed by atoms with Gasteiger partial charge in [0.15, 0.2) is 0 Å². The lowest BCUT2D eigenvalue weighted by atomic mass is 9.91. The summed E-state index contributed by atoms with van der Waals surface area (Å²) in [6.07, 6.45) is 4.98. The number of carbonyl (C=O) groups is 1. The zero-order valence-electron chi connectivity index (χ0n) is 8.78.